The summed E-state index contributed by atoms with van der Waals surface area (Å²) in [5, 5.41) is 0.366. The number of thioether (sulfide) groups is 1. The number of aromatic nitrogens is 1. The second-order valence-corrected chi connectivity index (χ2v) is 4.20. The van der Waals surface area contributed by atoms with E-state index >= 15 is 0 Å². The van der Waals surface area contributed by atoms with Gasteiger partial charge in [-0.1, -0.05) is 35.2 Å². The van der Waals surface area contributed by atoms with Gasteiger partial charge >= 0.3 is 0 Å². The summed E-state index contributed by atoms with van der Waals surface area (Å²) in [6, 6.07) is 1.65. The van der Waals surface area contributed by atoms with Gasteiger partial charge in [0, 0.05) is 6.92 Å². The van der Waals surface area contributed by atoms with Crippen molar-refractivity contribution < 1.29 is 4.79 Å². The topological polar surface area (TPSA) is 56.0 Å². The van der Waals surface area contributed by atoms with Crippen LogP contribution >= 0.6 is 23.4 Å². The van der Waals surface area contributed by atoms with Crippen molar-refractivity contribution in [3.8, 4) is 11.8 Å². The third kappa shape index (κ3) is 4.24. The van der Waals surface area contributed by atoms with E-state index in [9.17, 15) is 4.79 Å². The Labute approximate surface area is 97.4 Å². The van der Waals surface area contributed by atoms with E-state index in [1.54, 1.807) is 6.07 Å². The first-order chi connectivity index (χ1) is 7.09. The molecule has 15 heavy (non-hydrogen) atoms. The minimum atomic E-state index is 0.0427. The van der Waals surface area contributed by atoms with Crippen LogP contribution in [0.5, 0.6) is 0 Å². The molecule has 0 aliphatic rings. The molecule has 5 heteroatoms. The van der Waals surface area contributed by atoms with Crippen LogP contribution in [-0.2, 0) is 4.79 Å². The average Bonchev–Trinajstić information content (AvgIpc) is 2.17. The molecule has 0 unspecified atom stereocenters. The zero-order valence-electron chi connectivity index (χ0n) is 8.08. The number of rotatable bonds is 1. The molecule has 0 aromatic carbocycles. The molecule has 1 aromatic heterocycles. The van der Waals surface area contributed by atoms with Gasteiger partial charge in [-0.05, 0) is 6.07 Å². The van der Waals surface area contributed by atoms with Gasteiger partial charge < -0.3 is 5.73 Å². The number of nitrogens with two attached hydrogens (primary N) is 1. The van der Waals surface area contributed by atoms with Gasteiger partial charge in [0.1, 0.15) is 5.15 Å². The van der Waals surface area contributed by atoms with Crippen LogP contribution in [0.1, 0.15) is 12.5 Å². The van der Waals surface area contributed by atoms with Crippen molar-refractivity contribution in [1.29, 1.82) is 0 Å². The molecule has 0 saturated heterocycles. The van der Waals surface area contributed by atoms with Crippen LogP contribution in [0.2, 0.25) is 5.15 Å². The van der Waals surface area contributed by atoms with Gasteiger partial charge in [0.25, 0.3) is 0 Å². The predicted octanol–water partition coefficient (Wildman–Crippen LogP) is 1.95. The number of carbonyl (C=O) groups excluding carboxylic acids is 1. The van der Waals surface area contributed by atoms with Crippen LogP contribution in [0.25, 0.3) is 0 Å². The Morgan fingerprint density at radius 1 is 1.73 bits per heavy atom. The number of nitrogen functional groups attached to an aromatic ring is 1. The highest BCUT2D eigenvalue weighted by Gasteiger charge is 1.98. The molecule has 0 aliphatic heterocycles. The van der Waals surface area contributed by atoms with Crippen LogP contribution in [0.4, 0.5) is 5.69 Å². The third-order valence-electron chi connectivity index (χ3n) is 1.43. The third-order valence-corrected chi connectivity index (χ3v) is 2.43. The molecule has 1 heterocycles. The second-order valence-electron chi connectivity index (χ2n) is 2.69. The fraction of sp³-hybridized carbons (Fsp3) is 0.200. The van der Waals surface area contributed by atoms with Gasteiger partial charge in [0.2, 0.25) is 0 Å². The lowest BCUT2D eigenvalue weighted by Crippen LogP contribution is -1.90. The van der Waals surface area contributed by atoms with Crippen LogP contribution in [-0.4, -0.2) is 15.9 Å². The van der Waals surface area contributed by atoms with Gasteiger partial charge in [0.15, 0.2) is 5.12 Å². The highest BCUT2D eigenvalue weighted by Crippen LogP contribution is 2.14. The zero-order chi connectivity index (χ0) is 11.3. The average molecular weight is 241 g/mol. The molecule has 78 valence electrons. The molecule has 0 bridgehead atoms. The normalized spacial score (nSPS) is 9.20. The van der Waals surface area contributed by atoms with Crippen molar-refractivity contribution in [2.45, 2.75) is 6.92 Å². The molecule has 0 fully saturated rings. The highest BCUT2D eigenvalue weighted by molar-refractivity contribution is 8.13. The molecule has 1 aromatic rings. The van der Waals surface area contributed by atoms with Crippen LogP contribution in [0, 0.1) is 11.8 Å². The number of halogens is 1. The zero-order valence-corrected chi connectivity index (χ0v) is 9.65. The summed E-state index contributed by atoms with van der Waals surface area (Å²) in [6.07, 6.45) is 1.47. The van der Waals surface area contributed by atoms with Crippen molar-refractivity contribution in [2.24, 2.45) is 0 Å². The van der Waals surface area contributed by atoms with Gasteiger partial charge in [-0.25, -0.2) is 4.98 Å². The molecule has 0 spiro atoms. The van der Waals surface area contributed by atoms with E-state index in [2.05, 4.69) is 16.8 Å². The standard InChI is InChI=1S/C10H9ClN2OS/c1-7(14)15-4-2-3-8-5-9(12)6-13-10(8)11/h5-6H,4,12H2,1H3. The Kier molecular flexibility index (Phi) is 4.47. The van der Waals surface area contributed by atoms with Crippen LogP contribution < -0.4 is 5.73 Å². The van der Waals surface area contributed by atoms with Crippen molar-refractivity contribution in [3.63, 3.8) is 0 Å². The first kappa shape index (κ1) is 11.9. The first-order valence-electron chi connectivity index (χ1n) is 4.13. The Hall–Kier alpha value is -1.18. The minimum absolute atomic E-state index is 0.0427. The van der Waals surface area contributed by atoms with Gasteiger partial charge in [0.05, 0.1) is 23.2 Å². The number of hydrogen-bond acceptors (Lipinski definition) is 4. The Bertz CT molecular complexity index is 437. The van der Waals surface area contributed by atoms with Crippen molar-refractivity contribution in [3.05, 3.63) is 23.0 Å². The summed E-state index contributed by atoms with van der Waals surface area (Å²) in [5.74, 6) is 6.07. The van der Waals surface area contributed by atoms with Crippen LogP contribution in [0.3, 0.4) is 0 Å². The largest absolute Gasteiger partial charge is 0.397 e. The minimum Gasteiger partial charge on any atom is -0.397 e. The van der Waals surface area contributed by atoms with Crippen molar-refractivity contribution in [1.82, 2.24) is 4.98 Å². The highest BCUT2D eigenvalue weighted by atomic mass is 35.5. The first-order valence-corrected chi connectivity index (χ1v) is 5.49. The number of anilines is 1. The smallest absolute Gasteiger partial charge is 0.186 e. The number of hydrogen-bond donors (Lipinski definition) is 1. The monoisotopic (exact) mass is 240 g/mol. The van der Waals surface area contributed by atoms with E-state index in [0.29, 0.717) is 22.2 Å². The van der Waals surface area contributed by atoms with E-state index < -0.39 is 0 Å². The molecule has 3 nitrogen and oxygen atoms in total. The summed E-state index contributed by atoms with van der Waals surface area (Å²) in [7, 11) is 0. The predicted molar refractivity (Wildman–Crippen MR) is 63.7 cm³/mol. The summed E-state index contributed by atoms with van der Waals surface area (Å²) in [6.45, 7) is 1.50. The fourth-order valence-corrected chi connectivity index (χ4v) is 1.32. The molecular weight excluding hydrogens is 232 g/mol. The Morgan fingerprint density at radius 3 is 3.13 bits per heavy atom. The maximum Gasteiger partial charge on any atom is 0.186 e. The Balaban J connectivity index is 2.71. The maximum absolute atomic E-state index is 10.6. The molecule has 0 atom stereocenters. The van der Waals surface area contributed by atoms with E-state index in [4.69, 9.17) is 17.3 Å². The summed E-state index contributed by atoms with van der Waals surface area (Å²) >= 11 is 6.95. The lowest BCUT2D eigenvalue weighted by Gasteiger charge is -1.95. The second kappa shape index (κ2) is 5.64. The van der Waals surface area contributed by atoms with Crippen molar-refractivity contribution in [2.75, 3.05) is 11.5 Å². The Morgan fingerprint density at radius 2 is 2.47 bits per heavy atom. The SMILES string of the molecule is CC(=O)SCC#Cc1cc(N)cnc1Cl. The summed E-state index contributed by atoms with van der Waals surface area (Å²) in [5.41, 5.74) is 6.63. The number of pyridine rings is 1. The molecule has 0 aliphatic carbocycles. The van der Waals surface area contributed by atoms with E-state index in [0.717, 1.165) is 11.8 Å². The van der Waals surface area contributed by atoms with Gasteiger partial charge in [-0.15, -0.1) is 0 Å². The van der Waals surface area contributed by atoms with Crippen molar-refractivity contribution >= 4 is 34.2 Å². The van der Waals surface area contributed by atoms with E-state index in [1.807, 2.05) is 0 Å². The summed E-state index contributed by atoms with van der Waals surface area (Å²) < 4.78 is 0. The lowest BCUT2D eigenvalue weighted by atomic mass is 10.3. The molecule has 0 radical (unpaired) electrons. The number of carbonyl (C=O) groups is 1. The molecule has 0 saturated carbocycles. The van der Waals surface area contributed by atoms with Gasteiger partial charge in [-0.2, -0.15) is 0 Å². The number of nitrogens with zero attached hydrogens (tertiary/aromatic N) is 1. The van der Waals surface area contributed by atoms with Crippen LogP contribution in [0.15, 0.2) is 12.3 Å². The molecule has 0 amide bonds. The lowest BCUT2D eigenvalue weighted by molar-refractivity contribution is -0.109. The van der Waals surface area contributed by atoms with Gasteiger partial charge in [-0.3, -0.25) is 4.79 Å². The maximum atomic E-state index is 10.6. The van der Waals surface area contributed by atoms with E-state index in [-0.39, 0.29) is 5.12 Å². The quantitative estimate of drug-likeness (QED) is 0.602. The fourth-order valence-electron chi connectivity index (χ4n) is 0.821. The molecular formula is C10H9ClN2OS. The van der Waals surface area contributed by atoms with E-state index in [1.165, 1.54) is 13.1 Å². The molecule has 2 N–H and O–H groups in total. The molecule has 1 rings (SSSR count). The summed E-state index contributed by atoms with van der Waals surface area (Å²) in [4.78, 5) is 14.5.